The molecule has 2 aromatic rings. The summed E-state index contributed by atoms with van der Waals surface area (Å²) in [6, 6.07) is 7.69. The van der Waals surface area contributed by atoms with Crippen molar-refractivity contribution in [2.24, 2.45) is 0 Å². The number of aliphatic hydroxyl groups excluding tert-OH is 1. The Kier molecular flexibility index (Phi) is 3.92. The van der Waals surface area contributed by atoms with Gasteiger partial charge in [0.2, 0.25) is 0 Å². The molecule has 0 radical (unpaired) electrons. The van der Waals surface area contributed by atoms with E-state index in [4.69, 9.17) is 11.6 Å². The summed E-state index contributed by atoms with van der Waals surface area (Å²) in [5, 5.41) is 18.3. The average molecular weight is 280 g/mol. The molecule has 0 saturated carbocycles. The molecular weight excluding hydrogens is 262 g/mol. The number of nitrogens with zero attached hydrogens (tertiary/aromatic N) is 3. The van der Waals surface area contributed by atoms with Crippen LogP contribution in [0.5, 0.6) is 0 Å². The summed E-state index contributed by atoms with van der Waals surface area (Å²) >= 11 is 5.99. The van der Waals surface area contributed by atoms with Gasteiger partial charge >= 0.3 is 0 Å². The SMILES string of the molecule is CC(C)(C)n1c(CO)nnc1Cc1cccc(Cl)c1. The number of halogens is 1. The van der Waals surface area contributed by atoms with Gasteiger partial charge in [-0.3, -0.25) is 0 Å². The lowest BCUT2D eigenvalue weighted by molar-refractivity contribution is 0.248. The molecule has 1 heterocycles. The van der Waals surface area contributed by atoms with Crippen molar-refractivity contribution < 1.29 is 5.11 Å². The molecule has 0 fully saturated rings. The van der Waals surface area contributed by atoms with Crippen LogP contribution in [0, 0.1) is 0 Å². The lowest BCUT2D eigenvalue weighted by Gasteiger charge is -2.24. The molecule has 1 aromatic heterocycles. The predicted molar refractivity (Wildman–Crippen MR) is 75.2 cm³/mol. The molecule has 0 atom stereocenters. The summed E-state index contributed by atoms with van der Waals surface area (Å²) in [6.07, 6.45) is 0.644. The van der Waals surface area contributed by atoms with Crippen molar-refractivity contribution in [1.82, 2.24) is 14.8 Å². The van der Waals surface area contributed by atoms with Crippen LogP contribution in [0.1, 0.15) is 38.0 Å². The Labute approximate surface area is 118 Å². The van der Waals surface area contributed by atoms with Crippen molar-refractivity contribution in [1.29, 1.82) is 0 Å². The number of rotatable bonds is 3. The zero-order chi connectivity index (χ0) is 14.0. The summed E-state index contributed by atoms with van der Waals surface area (Å²) in [6.45, 7) is 6.09. The quantitative estimate of drug-likeness (QED) is 0.940. The summed E-state index contributed by atoms with van der Waals surface area (Å²) in [4.78, 5) is 0. The first kappa shape index (κ1) is 14.0. The zero-order valence-corrected chi connectivity index (χ0v) is 12.1. The van der Waals surface area contributed by atoms with E-state index in [1.807, 2.05) is 28.8 Å². The van der Waals surface area contributed by atoms with Crippen LogP contribution < -0.4 is 0 Å². The van der Waals surface area contributed by atoms with E-state index >= 15 is 0 Å². The first-order chi connectivity index (χ1) is 8.91. The molecule has 0 amide bonds. The number of hydrogen-bond acceptors (Lipinski definition) is 3. The minimum absolute atomic E-state index is 0.111. The maximum Gasteiger partial charge on any atom is 0.159 e. The van der Waals surface area contributed by atoms with Crippen LogP contribution >= 0.6 is 11.6 Å². The van der Waals surface area contributed by atoms with Crippen molar-refractivity contribution in [3.8, 4) is 0 Å². The van der Waals surface area contributed by atoms with E-state index in [0.29, 0.717) is 17.3 Å². The molecule has 0 aliphatic heterocycles. The lowest BCUT2D eigenvalue weighted by Crippen LogP contribution is -2.26. The highest BCUT2D eigenvalue weighted by atomic mass is 35.5. The first-order valence-electron chi connectivity index (χ1n) is 6.21. The van der Waals surface area contributed by atoms with Gasteiger partial charge in [0, 0.05) is 17.0 Å². The van der Waals surface area contributed by atoms with Crippen LogP contribution in [0.4, 0.5) is 0 Å². The van der Waals surface area contributed by atoms with E-state index in [1.54, 1.807) is 0 Å². The number of benzene rings is 1. The van der Waals surface area contributed by atoms with Gasteiger partial charge in [0.05, 0.1) is 0 Å². The molecule has 0 spiro atoms. The van der Waals surface area contributed by atoms with Crippen molar-refractivity contribution in [2.45, 2.75) is 39.3 Å². The molecule has 0 aliphatic rings. The second kappa shape index (κ2) is 5.31. The molecule has 4 nitrogen and oxygen atoms in total. The first-order valence-corrected chi connectivity index (χ1v) is 6.58. The third kappa shape index (κ3) is 3.14. The second-order valence-corrected chi connectivity index (χ2v) is 5.94. The van der Waals surface area contributed by atoms with Gasteiger partial charge < -0.3 is 9.67 Å². The molecule has 5 heteroatoms. The van der Waals surface area contributed by atoms with Crippen molar-refractivity contribution in [2.75, 3.05) is 0 Å². The van der Waals surface area contributed by atoms with E-state index < -0.39 is 0 Å². The average Bonchev–Trinajstić information content (AvgIpc) is 2.71. The largest absolute Gasteiger partial charge is 0.388 e. The van der Waals surface area contributed by atoms with Gasteiger partial charge in [-0.15, -0.1) is 10.2 Å². The van der Waals surface area contributed by atoms with Crippen LogP contribution in [0.15, 0.2) is 24.3 Å². The van der Waals surface area contributed by atoms with Crippen molar-refractivity contribution >= 4 is 11.6 Å². The smallest absolute Gasteiger partial charge is 0.159 e. The lowest BCUT2D eigenvalue weighted by atomic mass is 10.1. The Morgan fingerprint density at radius 2 is 1.89 bits per heavy atom. The standard InChI is InChI=1S/C14H18ClN3O/c1-14(2,3)18-12(16-17-13(18)9-19)8-10-5-4-6-11(15)7-10/h4-7,19H,8-9H2,1-3H3. The third-order valence-corrected chi connectivity index (χ3v) is 3.10. The number of hydrogen-bond donors (Lipinski definition) is 1. The molecule has 0 bridgehead atoms. The van der Waals surface area contributed by atoms with Gasteiger partial charge in [0.15, 0.2) is 5.82 Å². The van der Waals surface area contributed by atoms with Crippen molar-refractivity contribution in [3.63, 3.8) is 0 Å². The molecular formula is C14H18ClN3O. The van der Waals surface area contributed by atoms with Gasteiger partial charge in [-0.2, -0.15) is 0 Å². The van der Waals surface area contributed by atoms with Gasteiger partial charge in [0.25, 0.3) is 0 Å². The van der Waals surface area contributed by atoms with Crippen LogP contribution in [0.3, 0.4) is 0 Å². The Balaban J connectivity index is 2.38. The van der Waals surface area contributed by atoms with Gasteiger partial charge in [-0.1, -0.05) is 23.7 Å². The summed E-state index contributed by atoms with van der Waals surface area (Å²) in [5.41, 5.74) is 0.907. The molecule has 1 aromatic carbocycles. The fraction of sp³-hybridized carbons (Fsp3) is 0.429. The minimum atomic E-state index is -0.171. The highest BCUT2D eigenvalue weighted by Gasteiger charge is 2.22. The van der Waals surface area contributed by atoms with E-state index in [1.165, 1.54) is 0 Å². The molecule has 0 unspecified atom stereocenters. The van der Waals surface area contributed by atoms with Crippen molar-refractivity contribution in [3.05, 3.63) is 46.5 Å². The second-order valence-electron chi connectivity index (χ2n) is 5.50. The molecule has 1 N–H and O–H groups in total. The van der Waals surface area contributed by atoms with E-state index in [0.717, 1.165) is 11.4 Å². The fourth-order valence-electron chi connectivity index (χ4n) is 2.17. The van der Waals surface area contributed by atoms with E-state index in [9.17, 15) is 5.11 Å². The Bertz CT molecular complexity index is 572. The van der Waals surface area contributed by atoms with Crippen LogP contribution in [0.2, 0.25) is 5.02 Å². The minimum Gasteiger partial charge on any atom is -0.388 e. The Morgan fingerprint density at radius 3 is 2.47 bits per heavy atom. The summed E-state index contributed by atoms with van der Waals surface area (Å²) in [5.74, 6) is 1.42. The molecule has 19 heavy (non-hydrogen) atoms. The fourth-order valence-corrected chi connectivity index (χ4v) is 2.39. The topological polar surface area (TPSA) is 50.9 Å². The zero-order valence-electron chi connectivity index (χ0n) is 11.4. The van der Waals surface area contributed by atoms with Crippen LogP contribution in [0.25, 0.3) is 0 Å². The van der Waals surface area contributed by atoms with Crippen LogP contribution in [-0.2, 0) is 18.6 Å². The monoisotopic (exact) mass is 279 g/mol. The third-order valence-electron chi connectivity index (χ3n) is 2.86. The van der Waals surface area contributed by atoms with Gasteiger partial charge in [0.1, 0.15) is 12.4 Å². The van der Waals surface area contributed by atoms with Crippen LogP contribution in [-0.4, -0.2) is 19.9 Å². The van der Waals surface area contributed by atoms with E-state index in [2.05, 4.69) is 31.0 Å². The molecule has 2 rings (SSSR count). The van der Waals surface area contributed by atoms with Gasteiger partial charge in [-0.05, 0) is 38.5 Å². The van der Waals surface area contributed by atoms with E-state index in [-0.39, 0.29) is 12.1 Å². The highest BCUT2D eigenvalue weighted by molar-refractivity contribution is 6.30. The highest BCUT2D eigenvalue weighted by Crippen LogP contribution is 2.21. The summed E-state index contributed by atoms with van der Waals surface area (Å²) < 4.78 is 1.98. The number of aromatic nitrogens is 3. The number of aliphatic hydroxyl groups is 1. The molecule has 102 valence electrons. The maximum atomic E-state index is 9.36. The summed E-state index contributed by atoms with van der Waals surface area (Å²) in [7, 11) is 0. The normalized spacial score (nSPS) is 11.8. The Morgan fingerprint density at radius 1 is 1.21 bits per heavy atom. The maximum absolute atomic E-state index is 9.36. The predicted octanol–water partition coefficient (Wildman–Crippen LogP) is 2.77. The van der Waals surface area contributed by atoms with Gasteiger partial charge in [-0.25, -0.2) is 0 Å². The Hall–Kier alpha value is -1.39. The molecule has 0 saturated heterocycles. The molecule has 0 aliphatic carbocycles.